The topological polar surface area (TPSA) is 121 Å². The highest BCUT2D eigenvalue weighted by Gasteiger charge is 2.23. The Labute approximate surface area is 216 Å². The summed E-state index contributed by atoms with van der Waals surface area (Å²) in [5.74, 6) is 1.46. The molecule has 0 atom stereocenters. The van der Waals surface area contributed by atoms with Crippen LogP contribution >= 0.6 is 0 Å². The average molecular weight is 523 g/mol. The van der Waals surface area contributed by atoms with E-state index in [1.165, 1.54) is 0 Å². The molecule has 3 N–H and O–H groups in total. The molecule has 0 spiro atoms. The van der Waals surface area contributed by atoms with Gasteiger partial charge in [-0.25, -0.2) is 8.42 Å². The third-order valence-corrected chi connectivity index (χ3v) is 8.50. The highest BCUT2D eigenvalue weighted by molar-refractivity contribution is 7.92. The normalized spacial score (nSPS) is 14.2. The van der Waals surface area contributed by atoms with E-state index in [0.717, 1.165) is 24.2 Å². The van der Waals surface area contributed by atoms with Crippen molar-refractivity contribution in [2.75, 3.05) is 48.9 Å². The van der Waals surface area contributed by atoms with Gasteiger partial charge in [-0.2, -0.15) is 9.97 Å². The molecule has 0 aliphatic carbocycles. The van der Waals surface area contributed by atoms with E-state index in [0.29, 0.717) is 47.8 Å². The quantitative estimate of drug-likeness (QED) is 0.308. The summed E-state index contributed by atoms with van der Waals surface area (Å²) in [5.41, 5.74) is 2.82. The van der Waals surface area contributed by atoms with Gasteiger partial charge in [0.25, 0.3) is 0 Å². The first-order valence-electron chi connectivity index (χ1n) is 12.1. The number of aromatic amines is 1. The summed E-state index contributed by atoms with van der Waals surface area (Å²) in [4.78, 5) is 14.9. The minimum atomic E-state index is -3.51. The summed E-state index contributed by atoms with van der Waals surface area (Å²) < 4.78 is 37.0. The number of nitrogens with zero attached hydrogens (tertiary/aromatic N) is 3. The van der Waals surface area contributed by atoms with Gasteiger partial charge in [0.05, 0.1) is 47.2 Å². The minimum absolute atomic E-state index is 0.224. The van der Waals surface area contributed by atoms with E-state index in [1.807, 2.05) is 24.3 Å². The van der Waals surface area contributed by atoms with Crippen LogP contribution < -0.4 is 20.3 Å². The van der Waals surface area contributed by atoms with Gasteiger partial charge in [0.15, 0.2) is 9.84 Å². The SMILES string of the molecule is COc1cc(N2CCOCC2)ccc1Nc1nc(Nc2ccccc2S(=O)(=O)C(C)C)c2cc[nH]c2n1. The molecule has 194 valence electrons. The van der Waals surface area contributed by atoms with Gasteiger partial charge >= 0.3 is 0 Å². The summed E-state index contributed by atoms with van der Waals surface area (Å²) in [6, 6.07) is 14.6. The zero-order valence-electron chi connectivity index (χ0n) is 21.0. The van der Waals surface area contributed by atoms with Crippen molar-refractivity contribution in [2.24, 2.45) is 0 Å². The van der Waals surface area contributed by atoms with Crippen LogP contribution in [0.5, 0.6) is 5.75 Å². The van der Waals surface area contributed by atoms with Crippen LogP contribution in [-0.2, 0) is 14.6 Å². The predicted octanol–water partition coefficient (Wildman–Crippen LogP) is 4.47. The minimum Gasteiger partial charge on any atom is -0.494 e. The standard InChI is InChI=1S/C26H30N6O4S/c1-17(2)37(33,34)23-7-5-4-6-21(23)28-25-19-10-11-27-24(19)30-26(31-25)29-20-9-8-18(16-22(20)35-3)32-12-14-36-15-13-32/h4-11,16-17H,12-15H2,1-3H3,(H3,27,28,29,30,31). The molecule has 2 aromatic carbocycles. The van der Waals surface area contributed by atoms with Gasteiger partial charge in [-0.15, -0.1) is 0 Å². The van der Waals surface area contributed by atoms with Gasteiger partial charge in [-0.3, -0.25) is 0 Å². The average Bonchev–Trinajstić information content (AvgIpc) is 3.39. The van der Waals surface area contributed by atoms with Gasteiger partial charge in [0.1, 0.15) is 17.2 Å². The van der Waals surface area contributed by atoms with Crippen molar-refractivity contribution in [3.05, 3.63) is 54.7 Å². The third-order valence-electron chi connectivity index (χ3n) is 6.29. The first-order valence-corrected chi connectivity index (χ1v) is 13.6. The van der Waals surface area contributed by atoms with Crippen molar-refractivity contribution in [3.8, 4) is 5.75 Å². The smallest absolute Gasteiger partial charge is 0.231 e. The number of hydrogen-bond donors (Lipinski definition) is 3. The van der Waals surface area contributed by atoms with Crippen LogP contribution in [0.25, 0.3) is 11.0 Å². The highest BCUT2D eigenvalue weighted by Crippen LogP contribution is 2.34. The number of morpholine rings is 1. The maximum Gasteiger partial charge on any atom is 0.231 e. The number of aromatic nitrogens is 3. The molecule has 0 bridgehead atoms. The molecule has 1 aliphatic rings. The summed E-state index contributed by atoms with van der Waals surface area (Å²) in [7, 11) is -1.88. The molecule has 37 heavy (non-hydrogen) atoms. The highest BCUT2D eigenvalue weighted by atomic mass is 32.2. The van der Waals surface area contributed by atoms with E-state index in [9.17, 15) is 8.42 Å². The number of anilines is 5. The molecule has 0 radical (unpaired) electrons. The molecular formula is C26H30N6O4S. The molecular weight excluding hydrogens is 492 g/mol. The number of para-hydroxylation sites is 1. The Morgan fingerprint density at radius 2 is 1.81 bits per heavy atom. The van der Waals surface area contributed by atoms with E-state index < -0.39 is 15.1 Å². The van der Waals surface area contributed by atoms with Crippen LogP contribution in [0.3, 0.4) is 0 Å². The Hall–Kier alpha value is -3.83. The lowest BCUT2D eigenvalue weighted by Crippen LogP contribution is -2.36. The fourth-order valence-corrected chi connectivity index (χ4v) is 5.42. The zero-order chi connectivity index (χ0) is 26.0. The van der Waals surface area contributed by atoms with Crippen LogP contribution in [0.2, 0.25) is 0 Å². The molecule has 5 rings (SSSR count). The molecule has 10 nitrogen and oxygen atoms in total. The Morgan fingerprint density at radius 3 is 2.57 bits per heavy atom. The number of fused-ring (bicyclic) bond motifs is 1. The van der Waals surface area contributed by atoms with E-state index in [2.05, 4.69) is 30.5 Å². The second-order valence-electron chi connectivity index (χ2n) is 8.96. The Morgan fingerprint density at radius 1 is 1.03 bits per heavy atom. The van der Waals surface area contributed by atoms with E-state index >= 15 is 0 Å². The van der Waals surface area contributed by atoms with Crippen molar-refractivity contribution in [1.82, 2.24) is 15.0 Å². The van der Waals surface area contributed by atoms with Crippen molar-refractivity contribution in [1.29, 1.82) is 0 Å². The van der Waals surface area contributed by atoms with E-state index in [1.54, 1.807) is 51.4 Å². The van der Waals surface area contributed by atoms with Crippen molar-refractivity contribution in [2.45, 2.75) is 24.0 Å². The largest absolute Gasteiger partial charge is 0.494 e. The number of rotatable bonds is 8. The molecule has 2 aromatic heterocycles. The summed E-state index contributed by atoms with van der Waals surface area (Å²) >= 11 is 0. The zero-order valence-corrected chi connectivity index (χ0v) is 21.8. The molecule has 4 aromatic rings. The first-order chi connectivity index (χ1) is 17.9. The Bertz CT molecular complexity index is 1510. The summed E-state index contributed by atoms with van der Waals surface area (Å²) in [5, 5.41) is 6.66. The third kappa shape index (κ3) is 5.05. The molecule has 11 heteroatoms. The Kier molecular flexibility index (Phi) is 6.90. The number of nitrogens with one attached hydrogen (secondary N) is 3. The van der Waals surface area contributed by atoms with Crippen molar-refractivity contribution in [3.63, 3.8) is 0 Å². The molecule has 0 unspecified atom stereocenters. The number of benzene rings is 2. The van der Waals surface area contributed by atoms with Crippen LogP contribution in [0, 0.1) is 0 Å². The van der Waals surface area contributed by atoms with E-state index in [-0.39, 0.29) is 4.90 Å². The lowest BCUT2D eigenvalue weighted by Gasteiger charge is -2.29. The second-order valence-corrected chi connectivity index (χ2v) is 11.4. The monoisotopic (exact) mass is 522 g/mol. The van der Waals surface area contributed by atoms with E-state index in [4.69, 9.17) is 9.47 Å². The maximum atomic E-state index is 13.0. The molecule has 1 fully saturated rings. The molecule has 1 aliphatic heterocycles. The first kappa shape index (κ1) is 24.8. The molecule has 3 heterocycles. The van der Waals surface area contributed by atoms with Gasteiger partial charge in [0.2, 0.25) is 5.95 Å². The van der Waals surface area contributed by atoms with Crippen molar-refractivity contribution < 1.29 is 17.9 Å². The van der Waals surface area contributed by atoms with Crippen LogP contribution in [-0.4, -0.2) is 62.0 Å². The fraction of sp³-hybridized carbons (Fsp3) is 0.308. The predicted molar refractivity (Wildman–Crippen MR) is 145 cm³/mol. The number of sulfone groups is 1. The maximum absolute atomic E-state index is 13.0. The molecule has 0 saturated carbocycles. The van der Waals surface area contributed by atoms with Crippen LogP contribution in [0.4, 0.5) is 28.8 Å². The second kappa shape index (κ2) is 10.3. The lowest BCUT2D eigenvalue weighted by atomic mass is 10.2. The van der Waals surface area contributed by atoms with Gasteiger partial charge in [-0.1, -0.05) is 12.1 Å². The summed E-state index contributed by atoms with van der Waals surface area (Å²) in [6.07, 6.45) is 1.77. The van der Waals surface area contributed by atoms with Crippen molar-refractivity contribution >= 4 is 49.7 Å². The van der Waals surface area contributed by atoms with Crippen LogP contribution in [0.15, 0.2) is 59.6 Å². The lowest BCUT2D eigenvalue weighted by molar-refractivity contribution is 0.122. The number of H-pyrrole nitrogens is 1. The van der Waals surface area contributed by atoms with Gasteiger partial charge in [-0.05, 0) is 44.2 Å². The van der Waals surface area contributed by atoms with Gasteiger partial charge < -0.3 is 30.0 Å². The Balaban J connectivity index is 1.48. The van der Waals surface area contributed by atoms with Gasteiger partial charge in [0, 0.05) is 31.0 Å². The van der Waals surface area contributed by atoms with Crippen LogP contribution in [0.1, 0.15) is 13.8 Å². The number of ether oxygens (including phenoxy) is 2. The fourth-order valence-electron chi connectivity index (χ4n) is 4.21. The number of methoxy groups -OCH3 is 1. The molecule has 0 amide bonds. The summed E-state index contributed by atoms with van der Waals surface area (Å²) in [6.45, 7) is 6.38. The number of hydrogen-bond acceptors (Lipinski definition) is 9. The molecule has 1 saturated heterocycles.